The van der Waals surface area contributed by atoms with E-state index in [1.807, 2.05) is 13.8 Å². The van der Waals surface area contributed by atoms with Gasteiger partial charge in [-0.1, -0.05) is 63.6 Å². The number of hydrogen-bond donors (Lipinski definition) is 8. The van der Waals surface area contributed by atoms with Crippen molar-refractivity contribution in [3.05, 3.63) is 77.9 Å². The minimum absolute atomic E-state index is 0.0125. The van der Waals surface area contributed by atoms with Gasteiger partial charge in [0.2, 0.25) is 29.5 Å². The largest absolute Gasteiger partial charge is 0.457 e. The average Bonchev–Trinajstić information content (AvgIpc) is 1.76. The molecular formula is C64H92N8O19. The zero-order valence-corrected chi connectivity index (χ0v) is 53.5. The predicted molar refractivity (Wildman–Crippen MR) is 329 cm³/mol. The lowest BCUT2D eigenvalue weighted by molar-refractivity contribution is -0.168. The Bertz CT molecular complexity index is 2870. The van der Waals surface area contributed by atoms with E-state index in [0.29, 0.717) is 43.2 Å². The number of aliphatic hydroxyl groups is 3. The van der Waals surface area contributed by atoms with E-state index in [9.17, 15) is 68.1 Å². The molecule has 1 aromatic carbocycles. The lowest BCUT2D eigenvalue weighted by Gasteiger charge is -2.38. The van der Waals surface area contributed by atoms with Gasteiger partial charge in [0, 0.05) is 88.6 Å². The zero-order valence-electron chi connectivity index (χ0n) is 53.5. The number of piperazine rings is 1. The molecular weight excluding hydrogens is 1180 g/mol. The first-order valence-corrected chi connectivity index (χ1v) is 31.0. The number of cyclic esters (lactones) is 1. The van der Waals surface area contributed by atoms with Gasteiger partial charge in [-0.2, -0.15) is 0 Å². The minimum Gasteiger partial charge on any atom is -0.457 e. The number of primary amides is 1. The molecule has 4 aliphatic rings. The summed E-state index contributed by atoms with van der Waals surface area (Å²) in [5.74, 6) is -6.04. The second-order valence-corrected chi connectivity index (χ2v) is 24.3. The summed E-state index contributed by atoms with van der Waals surface area (Å²) in [5, 5.41) is 42.7. The Balaban J connectivity index is 1.11. The van der Waals surface area contributed by atoms with Gasteiger partial charge in [0.05, 0.1) is 36.4 Å². The third kappa shape index (κ3) is 23.6. The second-order valence-electron chi connectivity index (χ2n) is 24.3. The molecule has 2 fully saturated rings. The Morgan fingerprint density at radius 1 is 0.857 bits per heavy atom. The number of epoxide rings is 1. The number of imide groups is 1. The van der Waals surface area contributed by atoms with E-state index in [0.717, 1.165) is 4.90 Å². The minimum atomic E-state index is -1.51. The van der Waals surface area contributed by atoms with Gasteiger partial charge in [0.1, 0.15) is 36.4 Å². The van der Waals surface area contributed by atoms with Crippen LogP contribution in [0.2, 0.25) is 0 Å². The Morgan fingerprint density at radius 3 is 2.11 bits per heavy atom. The number of aliphatic hydroxyl groups excluding tert-OH is 2. The van der Waals surface area contributed by atoms with E-state index >= 15 is 0 Å². The molecule has 0 saturated carbocycles. The van der Waals surface area contributed by atoms with Crippen LogP contribution in [0.1, 0.15) is 139 Å². The maximum atomic E-state index is 14.0. The number of carbonyl (C=O) groups is 11. The molecule has 2 saturated heterocycles. The maximum Gasteiger partial charge on any atom is 0.410 e. The molecule has 4 heterocycles. The van der Waals surface area contributed by atoms with Gasteiger partial charge in [-0.05, 0) is 102 Å². The van der Waals surface area contributed by atoms with Gasteiger partial charge in [-0.3, -0.25) is 48.1 Å². The molecule has 27 heteroatoms. The first-order valence-electron chi connectivity index (χ1n) is 31.0. The molecule has 0 aliphatic carbocycles. The summed E-state index contributed by atoms with van der Waals surface area (Å²) in [6.07, 6.45) is 6.62. The highest BCUT2D eigenvalue weighted by atomic mass is 16.6. The van der Waals surface area contributed by atoms with Crippen molar-refractivity contribution in [2.75, 3.05) is 38.0 Å². The predicted octanol–water partition coefficient (Wildman–Crippen LogP) is 3.42. The zero-order chi connectivity index (χ0) is 67.3. The van der Waals surface area contributed by atoms with Crippen molar-refractivity contribution in [2.45, 2.75) is 206 Å². The van der Waals surface area contributed by atoms with Crippen LogP contribution in [-0.4, -0.2) is 194 Å². The van der Waals surface area contributed by atoms with Crippen molar-refractivity contribution in [3.8, 4) is 0 Å². The van der Waals surface area contributed by atoms with Crippen LogP contribution in [-0.2, 0) is 73.4 Å². The van der Waals surface area contributed by atoms with Crippen LogP contribution in [0.3, 0.4) is 0 Å². The molecule has 502 valence electrons. The second kappa shape index (κ2) is 34.4. The van der Waals surface area contributed by atoms with Gasteiger partial charge in [0.15, 0.2) is 6.10 Å². The SMILES string of the molecule is CC[C@H](O)[C@@H](C)[C@H]1O[C@@H]1C[C@@](C)(O)/C=C/C=C(\C)[C@H]1OC(=O)C[C@H](O)CC[C@@](C)(OC(C)=O)[C@@H](OC(=O)N2CCN(C(=O)OCc3ccc(NC(=O)[C@H](CCC(N)=O)NC(=O)[C@H](C)NC(=O)[C@H](C)NC(=O)CCCCCN4C(=O)C=CC4=O)cc3)CC2)/C=C/[C@@H]1C. The highest BCUT2D eigenvalue weighted by Gasteiger charge is 2.47. The molecule has 0 bridgehead atoms. The Hall–Kier alpha value is -8.01. The summed E-state index contributed by atoms with van der Waals surface area (Å²) in [6.45, 7) is 14.9. The van der Waals surface area contributed by atoms with Gasteiger partial charge in [-0.15, -0.1) is 0 Å². The summed E-state index contributed by atoms with van der Waals surface area (Å²) in [7, 11) is 0. The summed E-state index contributed by atoms with van der Waals surface area (Å²) >= 11 is 0. The number of rotatable bonds is 28. The van der Waals surface area contributed by atoms with E-state index in [1.54, 1.807) is 70.2 Å². The Labute approximate surface area is 530 Å². The van der Waals surface area contributed by atoms with Crippen LogP contribution < -0.4 is 27.0 Å². The fourth-order valence-electron chi connectivity index (χ4n) is 10.7. The normalized spacial score (nSPS) is 24.8. The maximum absolute atomic E-state index is 14.0. The van der Waals surface area contributed by atoms with Gasteiger partial charge in [-0.25, -0.2) is 9.59 Å². The highest BCUT2D eigenvalue weighted by Crippen LogP contribution is 2.38. The molecule has 1 aromatic rings. The number of nitrogens with zero attached hydrogens (tertiary/aromatic N) is 3. The molecule has 13 atom stereocenters. The van der Waals surface area contributed by atoms with E-state index < -0.39 is 113 Å². The lowest BCUT2D eigenvalue weighted by Crippen LogP contribution is -2.54. The number of allylic oxidation sites excluding steroid dienone is 2. The standard InChI is InChI=1S/C64H92N8O19/c1-10-48(75)40(4)57-49(88-57)36-63(8,86)28-14-15-38(2)56-39(3)17-23-50(64(9,91-43(7)73)29-27-46(74)35-55(80)90-56)89-62(85)71-33-31-70(32-34-71)61(84)87-37-44-18-20-45(21-19-44)68-60(83)47(22-24-51(65)76)69-59(82)42(6)67-58(81)41(5)66-52(77)16-12-11-13-30-72-53(78)25-26-54(72)79/h14-15,17-21,23,25-26,28,39-42,46-50,56-57,74-75,86H,10-13,16,22,24,27,29-37H2,1-9H3,(H2,65,76)(H,66,77)(H,67,81)(H,68,83)(H,69,82)/b23-17+,28-14+,38-15+/t39-,40+,41-,42-,46+,47-,48-,49+,50-,56+,57+,63-,64+/m0/s1. The molecule has 0 radical (unpaired) electrons. The number of benzene rings is 1. The number of esters is 2. The number of ether oxygens (including phenoxy) is 5. The summed E-state index contributed by atoms with van der Waals surface area (Å²) in [6, 6.07) is 2.77. The van der Waals surface area contributed by atoms with Crippen LogP contribution in [0.15, 0.2) is 72.4 Å². The van der Waals surface area contributed by atoms with Crippen LogP contribution in [0, 0.1) is 11.8 Å². The van der Waals surface area contributed by atoms with Crippen molar-refractivity contribution < 1.29 is 91.7 Å². The van der Waals surface area contributed by atoms with Crippen molar-refractivity contribution in [2.24, 2.45) is 17.6 Å². The van der Waals surface area contributed by atoms with Crippen molar-refractivity contribution in [1.29, 1.82) is 0 Å². The first kappa shape index (κ1) is 73.7. The number of amides is 9. The van der Waals surface area contributed by atoms with Crippen LogP contribution in [0.4, 0.5) is 15.3 Å². The van der Waals surface area contributed by atoms with E-state index in [2.05, 4.69) is 21.3 Å². The quantitative estimate of drug-likeness (QED) is 0.0113. The lowest BCUT2D eigenvalue weighted by atomic mass is 9.88. The Kier molecular flexibility index (Phi) is 27.9. The average molecular weight is 1280 g/mol. The molecule has 0 unspecified atom stereocenters. The molecule has 4 aliphatic heterocycles. The van der Waals surface area contributed by atoms with Gasteiger partial charge in [0.25, 0.3) is 11.8 Å². The fourth-order valence-corrected chi connectivity index (χ4v) is 10.7. The molecule has 0 spiro atoms. The number of anilines is 1. The summed E-state index contributed by atoms with van der Waals surface area (Å²) in [4.78, 5) is 144. The van der Waals surface area contributed by atoms with Gasteiger partial charge < -0.3 is 75.8 Å². The smallest absolute Gasteiger partial charge is 0.410 e. The van der Waals surface area contributed by atoms with Crippen molar-refractivity contribution in [1.82, 2.24) is 30.7 Å². The Morgan fingerprint density at radius 2 is 1.48 bits per heavy atom. The molecule has 9 N–H and O–H groups in total. The summed E-state index contributed by atoms with van der Waals surface area (Å²) < 4.78 is 29.2. The van der Waals surface area contributed by atoms with E-state index in [1.165, 1.54) is 54.9 Å². The third-order valence-electron chi connectivity index (χ3n) is 16.4. The van der Waals surface area contributed by atoms with Crippen molar-refractivity contribution >= 4 is 71.2 Å². The topological polar surface area (TPSA) is 382 Å². The fraction of sp³-hybridized carbons (Fsp3) is 0.609. The van der Waals surface area contributed by atoms with Crippen LogP contribution in [0.5, 0.6) is 0 Å². The molecule has 27 nitrogen and oxygen atoms in total. The number of hydrogen-bond acceptors (Lipinski definition) is 19. The molecule has 0 aromatic heterocycles. The number of unbranched alkanes of at least 4 members (excludes halogenated alkanes) is 2. The van der Waals surface area contributed by atoms with E-state index in [4.69, 9.17) is 29.4 Å². The van der Waals surface area contributed by atoms with Gasteiger partial charge >= 0.3 is 24.1 Å². The molecule has 5 rings (SSSR count). The van der Waals surface area contributed by atoms with Crippen LogP contribution >= 0.6 is 0 Å². The van der Waals surface area contributed by atoms with E-state index in [-0.39, 0.29) is 113 Å². The summed E-state index contributed by atoms with van der Waals surface area (Å²) in [5.41, 5.74) is 4.02. The molecule has 9 amide bonds. The first-order chi connectivity index (χ1) is 42.9. The number of nitrogens with one attached hydrogen (secondary N) is 4. The number of nitrogens with two attached hydrogens (primary N) is 1. The van der Waals surface area contributed by atoms with Crippen LogP contribution in [0.25, 0.3) is 0 Å². The number of carbonyl (C=O) groups excluding carboxylic acids is 11. The molecule has 91 heavy (non-hydrogen) atoms. The highest BCUT2D eigenvalue weighted by molar-refractivity contribution is 6.12. The monoisotopic (exact) mass is 1280 g/mol. The van der Waals surface area contributed by atoms with Crippen molar-refractivity contribution in [3.63, 3.8) is 0 Å². The third-order valence-corrected chi connectivity index (χ3v) is 16.4.